The molecule has 0 radical (unpaired) electrons. The van der Waals surface area contributed by atoms with Crippen molar-refractivity contribution in [2.45, 2.75) is 52.4 Å². The maximum Gasteiger partial charge on any atom is 0.307 e. The summed E-state index contributed by atoms with van der Waals surface area (Å²) in [4.78, 5) is 11.2. The van der Waals surface area contributed by atoms with E-state index in [9.17, 15) is 4.79 Å². The van der Waals surface area contributed by atoms with Gasteiger partial charge in [-0.05, 0) is 74.2 Å². The number of nitrogens with zero attached hydrogens (tertiary/aromatic N) is 1. The Kier molecular flexibility index (Phi) is 3.58. The van der Waals surface area contributed by atoms with Crippen LogP contribution in [0.3, 0.4) is 0 Å². The molecule has 0 unspecified atom stereocenters. The molecule has 0 amide bonds. The Balaban J connectivity index is 1.88. The minimum Gasteiger partial charge on any atom is -0.432 e. The molecule has 0 aromatic heterocycles. The normalized spacial score (nSPS) is 39.1. The maximum absolute atomic E-state index is 11.2. The van der Waals surface area contributed by atoms with Gasteiger partial charge in [0.15, 0.2) is 0 Å². The van der Waals surface area contributed by atoms with Crippen molar-refractivity contribution in [3.05, 3.63) is 11.3 Å². The minimum absolute atomic E-state index is 0.276. The zero-order chi connectivity index (χ0) is 14.3. The SMILES string of the molecule is CC(=O)O/C(C)=C(\CC#N)C1C2CC3CC(C2)CC1C3. The van der Waals surface area contributed by atoms with Gasteiger partial charge < -0.3 is 4.74 Å². The largest absolute Gasteiger partial charge is 0.432 e. The molecule has 0 N–H and O–H groups in total. The number of carbonyl (C=O) groups excluding carboxylic acids is 1. The molecular weight excluding hydrogens is 250 g/mol. The molecule has 4 aliphatic rings. The molecule has 3 nitrogen and oxygen atoms in total. The Bertz CT molecular complexity index is 458. The molecule has 4 saturated carbocycles. The molecule has 0 atom stereocenters. The molecule has 3 heteroatoms. The molecule has 20 heavy (non-hydrogen) atoms. The van der Waals surface area contributed by atoms with Crippen molar-refractivity contribution in [2.75, 3.05) is 0 Å². The van der Waals surface area contributed by atoms with Crippen LogP contribution in [-0.2, 0) is 9.53 Å². The number of nitriles is 1. The van der Waals surface area contributed by atoms with E-state index in [1.54, 1.807) is 0 Å². The van der Waals surface area contributed by atoms with Gasteiger partial charge in [-0.25, -0.2) is 0 Å². The number of rotatable bonds is 3. The van der Waals surface area contributed by atoms with Gasteiger partial charge in [0.1, 0.15) is 5.76 Å². The van der Waals surface area contributed by atoms with Crippen LogP contribution in [-0.4, -0.2) is 5.97 Å². The van der Waals surface area contributed by atoms with Crippen molar-refractivity contribution in [2.24, 2.45) is 29.6 Å². The Morgan fingerprint density at radius 2 is 1.65 bits per heavy atom. The molecule has 4 bridgehead atoms. The fraction of sp³-hybridized carbons (Fsp3) is 0.765. The number of carbonyl (C=O) groups is 1. The van der Waals surface area contributed by atoms with Gasteiger partial charge in [0.05, 0.1) is 12.5 Å². The summed E-state index contributed by atoms with van der Waals surface area (Å²) in [5.74, 6) is 4.19. The lowest BCUT2D eigenvalue weighted by Crippen LogP contribution is -2.46. The first kappa shape index (κ1) is 13.7. The van der Waals surface area contributed by atoms with Gasteiger partial charge >= 0.3 is 5.97 Å². The molecule has 4 rings (SSSR count). The van der Waals surface area contributed by atoms with E-state index in [0.717, 1.165) is 29.2 Å². The summed E-state index contributed by atoms with van der Waals surface area (Å²) in [7, 11) is 0. The lowest BCUT2D eigenvalue weighted by atomic mass is 9.50. The summed E-state index contributed by atoms with van der Waals surface area (Å²) in [6.45, 7) is 3.30. The first-order chi connectivity index (χ1) is 9.58. The van der Waals surface area contributed by atoms with E-state index in [2.05, 4.69) is 6.07 Å². The van der Waals surface area contributed by atoms with Gasteiger partial charge in [0.2, 0.25) is 0 Å². The quantitative estimate of drug-likeness (QED) is 0.580. The average molecular weight is 273 g/mol. The smallest absolute Gasteiger partial charge is 0.307 e. The third-order valence-electron chi connectivity index (χ3n) is 5.65. The van der Waals surface area contributed by atoms with E-state index < -0.39 is 0 Å². The second-order valence-electron chi connectivity index (χ2n) is 6.97. The lowest BCUT2D eigenvalue weighted by Gasteiger charge is -2.55. The number of esters is 1. The standard InChI is InChI=1S/C17H23NO2/c1-10(20-11(2)19)16(3-4-18)17-14-6-12-5-13(8-14)9-15(17)7-12/h12-15,17H,3,5-9H2,1-2H3/b16-10+. The Hall–Kier alpha value is -1.30. The van der Waals surface area contributed by atoms with Crippen molar-refractivity contribution in [1.29, 1.82) is 5.26 Å². The molecule has 0 saturated heterocycles. The monoisotopic (exact) mass is 273 g/mol. The number of ether oxygens (including phenoxy) is 1. The molecule has 4 aliphatic carbocycles. The first-order valence-electron chi connectivity index (χ1n) is 7.83. The van der Waals surface area contributed by atoms with Crippen LogP contribution in [0.5, 0.6) is 0 Å². The molecule has 0 heterocycles. The summed E-state index contributed by atoms with van der Waals surface area (Å²) in [5, 5.41) is 9.15. The number of hydrogen-bond acceptors (Lipinski definition) is 3. The van der Waals surface area contributed by atoms with Crippen LogP contribution in [0.4, 0.5) is 0 Å². The predicted molar refractivity (Wildman–Crippen MR) is 75.2 cm³/mol. The lowest BCUT2D eigenvalue weighted by molar-refractivity contribution is -0.137. The van der Waals surface area contributed by atoms with E-state index >= 15 is 0 Å². The van der Waals surface area contributed by atoms with E-state index in [0.29, 0.717) is 18.1 Å². The molecule has 108 valence electrons. The highest BCUT2D eigenvalue weighted by atomic mass is 16.5. The zero-order valence-corrected chi connectivity index (χ0v) is 12.4. The van der Waals surface area contributed by atoms with Gasteiger partial charge in [-0.2, -0.15) is 5.26 Å². The Morgan fingerprint density at radius 3 is 2.10 bits per heavy atom. The van der Waals surface area contributed by atoms with Gasteiger partial charge in [-0.3, -0.25) is 4.79 Å². The van der Waals surface area contributed by atoms with E-state index in [1.165, 1.54) is 39.0 Å². The van der Waals surface area contributed by atoms with Crippen molar-refractivity contribution in [1.82, 2.24) is 0 Å². The summed E-state index contributed by atoms with van der Waals surface area (Å²) < 4.78 is 5.31. The van der Waals surface area contributed by atoms with Crippen LogP contribution in [0, 0.1) is 40.9 Å². The van der Waals surface area contributed by atoms with Crippen LogP contribution in [0.1, 0.15) is 52.4 Å². The minimum atomic E-state index is -0.276. The number of hydrogen-bond donors (Lipinski definition) is 0. The fourth-order valence-electron chi connectivity index (χ4n) is 5.34. The van der Waals surface area contributed by atoms with E-state index in [4.69, 9.17) is 10.00 Å². The molecular formula is C17H23NO2. The van der Waals surface area contributed by atoms with Crippen molar-refractivity contribution in [3.8, 4) is 6.07 Å². The number of allylic oxidation sites excluding steroid dienone is 2. The van der Waals surface area contributed by atoms with E-state index in [-0.39, 0.29) is 5.97 Å². The molecule has 0 aromatic rings. The molecule has 0 aliphatic heterocycles. The van der Waals surface area contributed by atoms with Crippen LogP contribution < -0.4 is 0 Å². The van der Waals surface area contributed by atoms with Crippen molar-refractivity contribution in [3.63, 3.8) is 0 Å². The van der Waals surface area contributed by atoms with Crippen LogP contribution >= 0.6 is 0 Å². The predicted octanol–water partition coefficient (Wildman–Crippen LogP) is 3.81. The third-order valence-corrected chi connectivity index (χ3v) is 5.65. The molecule has 0 aromatic carbocycles. The maximum atomic E-state index is 11.2. The summed E-state index contributed by atoms with van der Waals surface area (Å²) >= 11 is 0. The van der Waals surface area contributed by atoms with Crippen LogP contribution in [0.2, 0.25) is 0 Å². The molecule has 4 fully saturated rings. The van der Waals surface area contributed by atoms with E-state index in [1.807, 2.05) is 6.92 Å². The summed E-state index contributed by atoms with van der Waals surface area (Å²) in [6, 6.07) is 2.28. The van der Waals surface area contributed by atoms with Gasteiger partial charge in [-0.15, -0.1) is 0 Å². The van der Waals surface area contributed by atoms with Gasteiger partial charge in [0.25, 0.3) is 0 Å². The zero-order valence-electron chi connectivity index (χ0n) is 12.4. The summed E-state index contributed by atoms with van der Waals surface area (Å²) in [5.41, 5.74) is 1.11. The highest BCUT2D eigenvalue weighted by molar-refractivity contribution is 5.67. The highest BCUT2D eigenvalue weighted by Gasteiger charge is 2.49. The highest BCUT2D eigenvalue weighted by Crippen LogP contribution is 2.58. The average Bonchev–Trinajstić information content (AvgIpc) is 2.35. The van der Waals surface area contributed by atoms with Crippen LogP contribution in [0.25, 0.3) is 0 Å². The Labute approximate surface area is 121 Å². The van der Waals surface area contributed by atoms with Crippen molar-refractivity contribution < 1.29 is 9.53 Å². The third kappa shape index (κ3) is 2.37. The van der Waals surface area contributed by atoms with Gasteiger partial charge in [0, 0.05) is 6.92 Å². The van der Waals surface area contributed by atoms with Crippen LogP contribution in [0.15, 0.2) is 11.3 Å². The first-order valence-corrected chi connectivity index (χ1v) is 7.83. The second-order valence-corrected chi connectivity index (χ2v) is 6.97. The Morgan fingerprint density at radius 1 is 1.10 bits per heavy atom. The molecule has 0 spiro atoms. The van der Waals surface area contributed by atoms with Gasteiger partial charge in [-0.1, -0.05) is 0 Å². The topological polar surface area (TPSA) is 50.1 Å². The summed E-state index contributed by atoms with van der Waals surface area (Å²) in [6.07, 6.45) is 7.12. The van der Waals surface area contributed by atoms with Crippen molar-refractivity contribution >= 4 is 5.97 Å². The second kappa shape index (κ2) is 5.24. The fourth-order valence-corrected chi connectivity index (χ4v) is 5.34.